The summed E-state index contributed by atoms with van der Waals surface area (Å²) in [6, 6.07) is 5.83. The number of para-hydroxylation sites is 1. The molecule has 0 radical (unpaired) electrons. The van der Waals surface area contributed by atoms with Crippen molar-refractivity contribution in [3.8, 4) is 0 Å². The quantitative estimate of drug-likeness (QED) is 0.693. The van der Waals surface area contributed by atoms with E-state index in [1.165, 1.54) is 9.80 Å². The molecule has 0 unspecified atom stereocenters. The van der Waals surface area contributed by atoms with Crippen LogP contribution in [0, 0.1) is 10.8 Å². The standard InChI is InChI=1S/C22H32N2O4/c1-21(2,3)18(22(4,5)6)14-9-7-8-13-15-12-23(19(25)26)11-10-16(15)24(17(13)14)20(27)28/h7-9,15-16,18H,10-12H2,1-6H3,(H,25,26)(H,27,28)/t15-,16-/m0/s1. The number of hydrogen-bond acceptors (Lipinski definition) is 2. The van der Waals surface area contributed by atoms with E-state index in [0.29, 0.717) is 19.5 Å². The molecule has 2 atom stereocenters. The summed E-state index contributed by atoms with van der Waals surface area (Å²) < 4.78 is 0. The zero-order chi connectivity index (χ0) is 21.0. The maximum atomic E-state index is 12.3. The molecule has 2 N–H and O–H groups in total. The molecule has 2 aliphatic heterocycles. The molecule has 0 spiro atoms. The summed E-state index contributed by atoms with van der Waals surface area (Å²) in [5, 5.41) is 19.5. The van der Waals surface area contributed by atoms with Gasteiger partial charge in [-0.2, -0.15) is 0 Å². The van der Waals surface area contributed by atoms with Crippen LogP contribution in [-0.2, 0) is 0 Å². The average molecular weight is 389 g/mol. The molecule has 0 saturated carbocycles. The Morgan fingerprint density at radius 2 is 1.64 bits per heavy atom. The van der Waals surface area contributed by atoms with E-state index in [9.17, 15) is 19.8 Å². The van der Waals surface area contributed by atoms with Crippen molar-refractivity contribution in [2.75, 3.05) is 18.0 Å². The number of rotatable bonds is 1. The molecular formula is C22H32N2O4. The summed E-state index contributed by atoms with van der Waals surface area (Å²) in [6.45, 7) is 13.9. The highest BCUT2D eigenvalue weighted by atomic mass is 16.4. The Hall–Kier alpha value is -2.24. The minimum atomic E-state index is -0.952. The van der Waals surface area contributed by atoms with Crippen LogP contribution in [0.1, 0.15) is 70.9 Å². The second-order valence-corrected chi connectivity index (χ2v) is 10.3. The molecule has 2 heterocycles. The van der Waals surface area contributed by atoms with E-state index in [1.807, 2.05) is 12.1 Å². The molecule has 3 rings (SSSR count). The number of nitrogens with zero attached hydrogens (tertiary/aromatic N) is 2. The van der Waals surface area contributed by atoms with Crippen molar-refractivity contribution in [1.82, 2.24) is 4.90 Å². The van der Waals surface area contributed by atoms with Crippen LogP contribution in [-0.4, -0.2) is 46.4 Å². The van der Waals surface area contributed by atoms with Gasteiger partial charge in [-0.15, -0.1) is 0 Å². The summed E-state index contributed by atoms with van der Waals surface area (Å²) in [5.74, 6) is 0.0315. The summed E-state index contributed by atoms with van der Waals surface area (Å²) in [6.07, 6.45) is -1.37. The lowest BCUT2D eigenvalue weighted by atomic mass is 9.63. The first-order valence-corrected chi connectivity index (χ1v) is 9.97. The van der Waals surface area contributed by atoms with Crippen molar-refractivity contribution in [1.29, 1.82) is 0 Å². The van der Waals surface area contributed by atoms with Crippen molar-refractivity contribution in [2.24, 2.45) is 10.8 Å². The van der Waals surface area contributed by atoms with E-state index in [4.69, 9.17) is 0 Å². The third kappa shape index (κ3) is 3.33. The molecule has 0 bridgehead atoms. The van der Waals surface area contributed by atoms with Gasteiger partial charge in [0.05, 0.1) is 11.7 Å². The van der Waals surface area contributed by atoms with E-state index in [2.05, 4.69) is 47.6 Å². The van der Waals surface area contributed by atoms with Crippen LogP contribution in [0.2, 0.25) is 0 Å². The molecular weight excluding hydrogens is 356 g/mol. The number of hydrogen-bond donors (Lipinski definition) is 2. The number of amides is 2. The lowest BCUT2D eigenvalue weighted by Crippen LogP contribution is -2.49. The van der Waals surface area contributed by atoms with Gasteiger partial charge in [0, 0.05) is 19.0 Å². The molecule has 6 heteroatoms. The number of benzene rings is 1. The number of fused-ring (bicyclic) bond motifs is 3. The van der Waals surface area contributed by atoms with Crippen LogP contribution < -0.4 is 4.90 Å². The Bertz CT molecular complexity index is 777. The third-order valence-corrected chi connectivity index (χ3v) is 6.17. The molecule has 1 fully saturated rings. The first-order valence-electron chi connectivity index (χ1n) is 9.97. The minimum Gasteiger partial charge on any atom is -0.465 e. The molecule has 28 heavy (non-hydrogen) atoms. The van der Waals surface area contributed by atoms with Crippen molar-refractivity contribution in [3.05, 3.63) is 29.3 Å². The van der Waals surface area contributed by atoms with E-state index < -0.39 is 12.2 Å². The lowest BCUT2D eigenvalue weighted by Gasteiger charge is -2.42. The normalized spacial score (nSPS) is 22.2. The van der Waals surface area contributed by atoms with Gasteiger partial charge >= 0.3 is 12.2 Å². The highest BCUT2D eigenvalue weighted by Crippen LogP contribution is 2.55. The maximum Gasteiger partial charge on any atom is 0.412 e. The van der Waals surface area contributed by atoms with Crippen LogP contribution >= 0.6 is 0 Å². The van der Waals surface area contributed by atoms with Gasteiger partial charge < -0.3 is 15.1 Å². The van der Waals surface area contributed by atoms with Crippen LogP contribution in [0.4, 0.5) is 15.3 Å². The second-order valence-electron chi connectivity index (χ2n) is 10.3. The summed E-state index contributed by atoms with van der Waals surface area (Å²) in [5.41, 5.74) is 2.69. The minimum absolute atomic E-state index is 0.0571. The predicted octanol–water partition coefficient (Wildman–Crippen LogP) is 5.20. The maximum absolute atomic E-state index is 12.3. The summed E-state index contributed by atoms with van der Waals surface area (Å²) >= 11 is 0. The van der Waals surface area contributed by atoms with E-state index in [1.54, 1.807) is 0 Å². The van der Waals surface area contributed by atoms with Gasteiger partial charge in [-0.1, -0.05) is 59.7 Å². The van der Waals surface area contributed by atoms with E-state index >= 15 is 0 Å². The summed E-state index contributed by atoms with van der Waals surface area (Å²) in [7, 11) is 0. The highest BCUT2D eigenvalue weighted by Gasteiger charge is 2.49. The third-order valence-electron chi connectivity index (χ3n) is 6.17. The SMILES string of the molecule is CC(C)(C)C(c1cccc2c1N(C(=O)O)[C@H]1CCN(C(=O)O)C[C@@H]21)C(C)(C)C. The fraction of sp³-hybridized carbons (Fsp3) is 0.636. The molecule has 2 aliphatic rings. The molecule has 2 amide bonds. The Kier molecular flexibility index (Phi) is 4.89. The molecule has 1 aromatic carbocycles. The van der Waals surface area contributed by atoms with E-state index in [-0.39, 0.29) is 28.7 Å². The van der Waals surface area contributed by atoms with Crippen LogP contribution in [0.15, 0.2) is 18.2 Å². The number of piperidine rings is 1. The van der Waals surface area contributed by atoms with Crippen LogP contribution in [0.5, 0.6) is 0 Å². The zero-order valence-electron chi connectivity index (χ0n) is 17.7. The van der Waals surface area contributed by atoms with Crippen molar-refractivity contribution < 1.29 is 19.8 Å². The first-order chi connectivity index (χ1) is 12.8. The second kappa shape index (κ2) is 6.68. The smallest absolute Gasteiger partial charge is 0.412 e. The zero-order valence-corrected chi connectivity index (χ0v) is 17.7. The van der Waals surface area contributed by atoms with Gasteiger partial charge in [-0.25, -0.2) is 9.59 Å². The fourth-order valence-corrected chi connectivity index (χ4v) is 5.75. The monoisotopic (exact) mass is 388 g/mol. The van der Waals surface area contributed by atoms with Crippen LogP contribution in [0.25, 0.3) is 0 Å². The summed E-state index contributed by atoms with van der Waals surface area (Å²) in [4.78, 5) is 26.7. The average Bonchev–Trinajstić information content (AvgIpc) is 2.87. The largest absolute Gasteiger partial charge is 0.465 e. The molecule has 1 saturated heterocycles. The van der Waals surface area contributed by atoms with Crippen LogP contribution in [0.3, 0.4) is 0 Å². The molecule has 6 nitrogen and oxygen atoms in total. The molecule has 1 aromatic rings. The van der Waals surface area contributed by atoms with Crippen molar-refractivity contribution in [3.63, 3.8) is 0 Å². The van der Waals surface area contributed by atoms with Gasteiger partial charge in [-0.05, 0) is 34.3 Å². The van der Waals surface area contributed by atoms with Gasteiger partial charge in [0.15, 0.2) is 0 Å². The number of anilines is 1. The molecule has 154 valence electrons. The highest BCUT2D eigenvalue weighted by molar-refractivity contribution is 5.92. The Morgan fingerprint density at radius 1 is 1.04 bits per heavy atom. The van der Waals surface area contributed by atoms with E-state index in [0.717, 1.165) is 16.8 Å². The topological polar surface area (TPSA) is 81.1 Å². The van der Waals surface area contributed by atoms with Crippen molar-refractivity contribution in [2.45, 2.75) is 65.8 Å². The molecule has 0 aliphatic carbocycles. The van der Waals surface area contributed by atoms with Gasteiger partial charge in [0.1, 0.15) is 0 Å². The number of carboxylic acid groups (broad SMARTS) is 2. The Morgan fingerprint density at radius 3 is 2.14 bits per heavy atom. The Labute approximate surface area is 167 Å². The van der Waals surface area contributed by atoms with Gasteiger partial charge in [0.2, 0.25) is 0 Å². The number of likely N-dealkylation sites (tertiary alicyclic amines) is 1. The lowest BCUT2D eigenvalue weighted by molar-refractivity contribution is 0.126. The van der Waals surface area contributed by atoms with Gasteiger partial charge in [-0.3, -0.25) is 4.90 Å². The fourth-order valence-electron chi connectivity index (χ4n) is 5.75. The predicted molar refractivity (Wildman–Crippen MR) is 109 cm³/mol. The van der Waals surface area contributed by atoms with Crippen molar-refractivity contribution >= 4 is 17.9 Å². The Balaban J connectivity index is 2.19. The molecule has 0 aromatic heterocycles. The van der Waals surface area contributed by atoms with Gasteiger partial charge in [0.25, 0.3) is 0 Å². The number of carbonyl (C=O) groups is 2. The first kappa shape index (κ1) is 20.5.